The fraction of sp³-hybridized carbons (Fsp3) is 0.667. The summed E-state index contributed by atoms with van der Waals surface area (Å²) in [6.07, 6.45) is 4.62. The molecule has 86 valence electrons. The Morgan fingerprint density at radius 3 is 2.75 bits per heavy atom. The Hall–Kier alpha value is -1.16. The molecule has 1 aliphatic heterocycles. The van der Waals surface area contributed by atoms with E-state index in [4.69, 9.17) is 0 Å². The highest BCUT2D eigenvalue weighted by molar-refractivity contribution is 5.22. The average molecular weight is 219 g/mol. The van der Waals surface area contributed by atoms with Crippen LogP contribution < -0.4 is 10.9 Å². The van der Waals surface area contributed by atoms with Crippen LogP contribution in [-0.4, -0.2) is 16.5 Å². The van der Waals surface area contributed by atoms with Crippen molar-refractivity contribution >= 4 is 0 Å². The Labute approximate surface area is 94.5 Å². The van der Waals surface area contributed by atoms with Gasteiger partial charge < -0.3 is 10.3 Å². The van der Waals surface area contributed by atoms with Crippen LogP contribution in [0.5, 0.6) is 0 Å². The van der Waals surface area contributed by atoms with Crippen LogP contribution in [0.1, 0.15) is 54.7 Å². The molecule has 0 amide bonds. The zero-order valence-electron chi connectivity index (χ0n) is 9.55. The summed E-state index contributed by atoms with van der Waals surface area (Å²) in [6, 6.07) is 0.291. The van der Waals surface area contributed by atoms with Crippen LogP contribution in [-0.2, 0) is 0 Å². The zero-order valence-corrected chi connectivity index (χ0v) is 9.55. The first-order chi connectivity index (χ1) is 7.75. The van der Waals surface area contributed by atoms with E-state index in [1.165, 1.54) is 19.3 Å². The second-order valence-corrected chi connectivity index (χ2v) is 4.88. The lowest BCUT2D eigenvalue weighted by Crippen LogP contribution is -2.23. The second-order valence-electron chi connectivity index (χ2n) is 4.88. The topological polar surface area (TPSA) is 57.8 Å². The number of hydrogen-bond acceptors (Lipinski definition) is 3. The van der Waals surface area contributed by atoms with E-state index in [9.17, 15) is 4.79 Å². The Balaban J connectivity index is 2.03. The van der Waals surface area contributed by atoms with Crippen LogP contribution in [0, 0.1) is 6.92 Å². The normalized spacial score (nSPS) is 24.9. The number of H-pyrrole nitrogens is 1. The highest BCUT2D eigenvalue weighted by Gasteiger charge is 2.29. The Morgan fingerprint density at radius 2 is 2.12 bits per heavy atom. The van der Waals surface area contributed by atoms with Crippen molar-refractivity contribution in [2.45, 2.75) is 44.6 Å². The SMILES string of the molecule is Cc1c([C@@H]2CCCN2)nc(C2CC2)[nH]c1=O. The third kappa shape index (κ3) is 1.67. The lowest BCUT2D eigenvalue weighted by Gasteiger charge is -2.13. The largest absolute Gasteiger partial charge is 0.310 e. The summed E-state index contributed by atoms with van der Waals surface area (Å²) in [5.74, 6) is 1.41. The van der Waals surface area contributed by atoms with Gasteiger partial charge in [-0.1, -0.05) is 0 Å². The first kappa shape index (κ1) is 10.0. The molecule has 1 aromatic heterocycles. The van der Waals surface area contributed by atoms with Crippen LogP contribution in [0.3, 0.4) is 0 Å². The molecule has 1 atom stereocenters. The fourth-order valence-electron chi connectivity index (χ4n) is 2.38. The van der Waals surface area contributed by atoms with Crippen molar-refractivity contribution in [1.82, 2.24) is 15.3 Å². The van der Waals surface area contributed by atoms with Gasteiger partial charge in [-0.2, -0.15) is 0 Å². The summed E-state index contributed by atoms with van der Waals surface area (Å²) in [5.41, 5.74) is 1.80. The maximum Gasteiger partial charge on any atom is 0.254 e. The summed E-state index contributed by atoms with van der Waals surface area (Å²) in [7, 11) is 0. The molecule has 16 heavy (non-hydrogen) atoms. The van der Waals surface area contributed by atoms with E-state index in [1.54, 1.807) is 0 Å². The van der Waals surface area contributed by atoms with Crippen molar-refractivity contribution in [3.05, 3.63) is 27.4 Å². The third-order valence-electron chi connectivity index (χ3n) is 3.56. The molecule has 2 heterocycles. The Kier molecular flexibility index (Phi) is 2.32. The molecule has 4 heteroatoms. The maximum absolute atomic E-state index is 11.8. The minimum atomic E-state index is 0.0422. The molecule has 0 bridgehead atoms. The van der Waals surface area contributed by atoms with Crippen LogP contribution >= 0.6 is 0 Å². The van der Waals surface area contributed by atoms with Gasteiger partial charge >= 0.3 is 0 Å². The van der Waals surface area contributed by atoms with E-state index in [0.717, 1.165) is 30.0 Å². The van der Waals surface area contributed by atoms with Crippen molar-refractivity contribution in [2.75, 3.05) is 6.54 Å². The number of nitrogens with one attached hydrogen (secondary N) is 2. The molecule has 0 unspecified atom stereocenters. The molecular weight excluding hydrogens is 202 g/mol. The van der Waals surface area contributed by atoms with Crippen molar-refractivity contribution in [3.8, 4) is 0 Å². The minimum Gasteiger partial charge on any atom is -0.310 e. The Bertz CT molecular complexity index is 456. The average Bonchev–Trinajstić information content (AvgIpc) is 2.98. The molecule has 2 aliphatic rings. The molecule has 3 rings (SSSR count). The lowest BCUT2D eigenvalue weighted by atomic mass is 10.1. The number of aromatic amines is 1. The summed E-state index contributed by atoms with van der Waals surface area (Å²) in [6.45, 7) is 2.91. The maximum atomic E-state index is 11.8. The monoisotopic (exact) mass is 219 g/mol. The first-order valence-electron chi connectivity index (χ1n) is 6.10. The van der Waals surface area contributed by atoms with Crippen molar-refractivity contribution in [1.29, 1.82) is 0 Å². The van der Waals surface area contributed by atoms with Gasteiger partial charge in [0.05, 0.1) is 11.7 Å². The molecule has 1 saturated carbocycles. The van der Waals surface area contributed by atoms with Gasteiger partial charge in [-0.3, -0.25) is 4.79 Å². The quantitative estimate of drug-likeness (QED) is 0.790. The van der Waals surface area contributed by atoms with Gasteiger partial charge in [0.2, 0.25) is 0 Å². The van der Waals surface area contributed by atoms with Crippen LogP contribution in [0.15, 0.2) is 4.79 Å². The van der Waals surface area contributed by atoms with E-state index in [2.05, 4.69) is 15.3 Å². The van der Waals surface area contributed by atoms with Gasteiger partial charge in [0, 0.05) is 11.5 Å². The van der Waals surface area contributed by atoms with E-state index in [0.29, 0.717) is 12.0 Å². The molecule has 0 spiro atoms. The predicted molar refractivity (Wildman–Crippen MR) is 61.5 cm³/mol. The highest BCUT2D eigenvalue weighted by atomic mass is 16.1. The smallest absolute Gasteiger partial charge is 0.254 e. The molecule has 0 aromatic carbocycles. The highest BCUT2D eigenvalue weighted by Crippen LogP contribution is 2.38. The van der Waals surface area contributed by atoms with Crippen LogP contribution in [0.25, 0.3) is 0 Å². The fourth-order valence-corrected chi connectivity index (χ4v) is 2.38. The molecule has 1 aliphatic carbocycles. The Morgan fingerprint density at radius 1 is 1.31 bits per heavy atom. The van der Waals surface area contributed by atoms with Gasteiger partial charge in [0.15, 0.2) is 0 Å². The number of nitrogens with zero attached hydrogens (tertiary/aromatic N) is 1. The molecule has 1 aromatic rings. The summed E-state index contributed by atoms with van der Waals surface area (Å²) >= 11 is 0. The van der Waals surface area contributed by atoms with Crippen molar-refractivity contribution in [2.24, 2.45) is 0 Å². The number of hydrogen-bond donors (Lipinski definition) is 2. The number of rotatable bonds is 2. The minimum absolute atomic E-state index is 0.0422. The van der Waals surface area contributed by atoms with E-state index in [-0.39, 0.29) is 5.56 Å². The third-order valence-corrected chi connectivity index (χ3v) is 3.56. The van der Waals surface area contributed by atoms with Gasteiger partial charge in [-0.25, -0.2) is 4.98 Å². The van der Waals surface area contributed by atoms with Crippen molar-refractivity contribution < 1.29 is 0 Å². The summed E-state index contributed by atoms with van der Waals surface area (Å²) in [5, 5.41) is 3.41. The summed E-state index contributed by atoms with van der Waals surface area (Å²) < 4.78 is 0. The lowest BCUT2D eigenvalue weighted by molar-refractivity contribution is 0.612. The van der Waals surface area contributed by atoms with Crippen LogP contribution in [0.2, 0.25) is 0 Å². The van der Waals surface area contributed by atoms with E-state index < -0.39 is 0 Å². The first-order valence-corrected chi connectivity index (χ1v) is 6.10. The van der Waals surface area contributed by atoms with Gasteiger partial charge in [-0.05, 0) is 39.2 Å². The van der Waals surface area contributed by atoms with Gasteiger partial charge in [-0.15, -0.1) is 0 Å². The zero-order chi connectivity index (χ0) is 11.1. The number of aromatic nitrogens is 2. The molecule has 2 N–H and O–H groups in total. The summed E-state index contributed by atoms with van der Waals surface area (Å²) in [4.78, 5) is 19.4. The van der Waals surface area contributed by atoms with Crippen molar-refractivity contribution in [3.63, 3.8) is 0 Å². The van der Waals surface area contributed by atoms with E-state index in [1.807, 2.05) is 6.92 Å². The van der Waals surface area contributed by atoms with Gasteiger partial charge in [0.1, 0.15) is 5.82 Å². The standard InChI is InChI=1S/C12H17N3O/c1-7-10(9-3-2-6-13-9)14-11(8-4-5-8)15-12(7)16/h8-9,13H,2-6H2,1H3,(H,14,15,16)/t9-/m0/s1. The van der Waals surface area contributed by atoms with Crippen LogP contribution in [0.4, 0.5) is 0 Å². The molecular formula is C12H17N3O. The second kappa shape index (κ2) is 3.70. The predicted octanol–water partition coefficient (Wildman–Crippen LogP) is 1.38. The van der Waals surface area contributed by atoms with E-state index >= 15 is 0 Å². The molecule has 4 nitrogen and oxygen atoms in total. The molecule has 2 fully saturated rings. The molecule has 1 saturated heterocycles. The molecule has 0 radical (unpaired) electrons. The van der Waals surface area contributed by atoms with Gasteiger partial charge in [0.25, 0.3) is 5.56 Å².